The van der Waals surface area contributed by atoms with Crippen molar-refractivity contribution >= 4 is 35.8 Å². The largest absolute Gasteiger partial charge is 0.493 e. The lowest BCUT2D eigenvalue weighted by atomic mass is 10.1. The molecular formula is C34H39N3O9. The summed E-state index contributed by atoms with van der Waals surface area (Å²) in [6.45, 7) is 10.3. The van der Waals surface area contributed by atoms with E-state index in [4.69, 9.17) is 23.7 Å². The molecule has 0 atom stereocenters. The van der Waals surface area contributed by atoms with Crippen molar-refractivity contribution in [1.29, 1.82) is 0 Å². The molecule has 0 aliphatic carbocycles. The molecule has 244 valence electrons. The molecule has 0 aliphatic rings. The number of carbonyl (C=O) groups is 4. The molecule has 0 radical (unpaired) electrons. The molecule has 3 aromatic carbocycles. The smallest absolute Gasteiger partial charge is 0.437 e. The number of hydrogen-bond donors (Lipinski definition) is 2. The number of methoxy groups -OCH3 is 1. The molecule has 3 rings (SSSR count). The third-order valence-electron chi connectivity index (χ3n) is 5.62. The predicted molar refractivity (Wildman–Crippen MR) is 171 cm³/mol. The zero-order valence-corrected chi connectivity index (χ0v) is 27.0. The van der Waals surface area contributed by atoms with E-state index in [9.17, 15) is 19.2 Å². The fourth-order valence-electron chi connectivity index (χ4n) is 3.71. The fourth-order valence-corrected chi connectivity index (χ4v) is 3.71. The average molecular weight is 634 g/mol. The van der Waals surface area contributed by atoms with Crippen molar-refractivity contribution in [1.82, 2.24) is 5.32 Å². The van der Waals surface area contributed by atoms with Crippen LogP contribution in [0.5, 0.6) is 11.5 Å². The van der Waals surface area contributed by atoms with Gasteiger partial charge in [-0.2, -0.15) is 0 Å². The quantitative estimate of drug-likeness (QED) is 0.0934. The summed E-state index contributed by atoms with van der Waals surface area (Å²) in [5.41, 5.74) is 0.487. The minimum absolute atomic E-state index is 0.00782. The summed E-state index contributed by atoms with van der Waals surface area (Å²) in [6.07, 6.45) is -1.77. The molecule has 2 amide bonds. The van der Waals surface area contributed by atoms with Crippen LogP contribution in [0.15, 0.2) is 77.8 Å². The van der Waals surface area contributed by atoms with E-state index in [2.05, 4.69) is 15.6 Å². The van der Waals surface area contributed by atoms with Crippen molar-refractivity contribution in [3.8, 4) is 11.5 Å². The van der Waals surface area contributed by atoms with Crippen LogP contribution in [0.3, 0.4) is 0 Å². The average Bonchev–Trinajstić information content (AvgIpc) is 2.95. The van der Waals surface area contributed by atoms with E-state index < -0.39 is 35.3 Å². The molecule has 0 saturated heterocycles. The summed E-state index contributed by atoms with van der Waals surface area (Å²) in [7, 11) is 1.42. The van der Waals surface area contributed by atoms with Crippen molar-refractivity contribution in [3.05, 3.63) is 89.5 Å². The highest BCUT2D eigenvalue weighted by Crippen LogP contribution is 2.29. The summed E-state index contributed by atoms with van der Waals surface area (Å²) in [5, 5.41) is 5.21. The Hall–Kier alpha value is -5.39. The van der Waals surface area contributed by atoms with E-state index in [-0.39, 0.29) is 36.0 Å². The maximum Gasteiger partial charge on any atom is 0.437 e. The van der Waals surface area contributed by atoms with Gasteiger partial charge in [-0.15, -0.1) is 4.99 Å². The van der Waals surface area contributed by atoms with Crippen molar-refractivity contribution < 1.29 is 42.9 Å². The maximum atomic E-state index is 12.9. The van der Waals surface area contributed by atoms with E-state index in [1.165, 1.54) is 37.4 Å². The Morgan fingerprint density at radius 2 is 1.41 bits per heavy atom. The third-order valence-corrected chi connectivity index (χ3v) is 5.62. The second kappa shape index (κ2) is 15.6. The van der Waals surface area contributed by atoms with Gasteiger partial charge in [0.1, 0.15) is 17.8 Å². The monoisotopic (exact) mass is 633 g/mol. The highest BCUT2D eigenvalue weighted by atomic mass is 16.6. The van der Waals surface area contributed by atoms with Gasteiger partial charge in [0.25, 0.3) is 0 Å². The van der Waals surface area contributed by atoms with Crippen molar-refractivity contribution in [2.75, 3.05) is 12.4 Å². The third kappa shape index (κ3) is 12.3. The van der Waals surface area contributed by atoms with Crippen LogP contribution in [0, 0.1) is 0 Å². The lowest BCUT2D eigenvalue weighted by Gasteiger charge is -2.21. The van der Waals surface area contributed by atoms with Gasteiger partial charge >= 0.3 is 24.1 Å². The van der Waals surface area contributed by atoms with E-state index >= 15 is 0 Å². The molecule has 0 aliphatic heterocycles. The van der Waals surface area contributed by atoms with Crippen LogP contribution in [-0.2, 0) is 32.0 Å². The van der Waals surface area contributed by atoms with Crippen LogP contribution < -0.4 is 20.1 Å². The van der Waals surface area contributed by atoms with Crippen LogP contribution >= 0.6 is 0 Å². The highest BCUT2D eigenvalue weighted by molar-refractivity contribution is 6.06. The van der Waals surface area contributed by atoms with E-state index in [0.29, 0.717) is 11.3 Å². The Bertz CT molecular complexity index is 1560. The number of guanidine groups is 1. The number of esters is 2. The van der Waals surface area contributed by atoms with E-state index in [0.717, 1.165) is 5.56 Å². The standard InChI is InChI=1S/C34H39N3O9/c1-33(2,3)45-31(40)36-30(37-32(41)46-34(4,5)6)35-25-16-14-24(15-17-25)29(39)44-26-18-13-23(19-27(26)42-7)20-28(38)43-21-22-11-9-8-10-12-22/h8-19H,20-21H2,1-7H3,(H2,35,36,37,40,41). The highest BCUT2D eigenvalue weighted by Gasteiger charge is 2.21. The first-order valence-corrected chi connectivity index (χ1v) is 14.4. The summed E-state index contributed by atoms with van der Waals surface area (Å²) < 4.78 is 26.7. The lowest BCUT2D eigenvalue weighted by molar-refractivity contribution is -0.144. The van der Waals surface area contributed by atoms with Crippen LogP contribution in [0.25, 0.3) is 0 Å². The second-order valence-electron chi connectivity index (χ2n) is 12.0. The molecule has 2 N–H and O–H groups in total. The number of aliphatic imine (C=N–C) groups is 1. The lowest BCUT2D eigenvalue weighted by Crippen LogP contribution is -2.40. The molecule has 0 unspecified atom stereocenters. The van der Waals surface area contributed by atoms with Gasteiger partial charge in [0.15, 0.2) is 11.5 Å². The topological polar surface area (TPSA) is 151 Å². The first-order chi connectivity index (χ1) is 21.6. The van der Waals surface area contributed by atoms with Gasteiger partial charge < -0.3 is 29.0 Å². The number of rotatable bonds is 8. The van der Waals surface area contributed by atoms with Gasteiger partial charge in [0, 0.05) is 5.69 Å². The Kier molecular flexibility index (Phi) is 11.9. The van der Waals surface area contributed by atoms with Gasteiger partial charge in [-0.25, -0.2) is 14.4 Å². The van der Waals surface area contributed by atoms with Gasteiger partial charge in [0.05, 0.1) is 19.1 Å². The number of ether oxygens (including phenoxy) is 5. The zero-order chi connectivity index (χ0) is 33.9. The van der Waals surface area contributed by atoms with E-state index in [1.807, 2.05) is 30.3 Å². The van der Waals surface area contributed by atoms with Crippen LogP contribution in [0.4, 0.5) is 15.3 Å². The van der Waals surface area contributed by atoms with Gasteiger partial charge in [0.2, 0.25) is 5.96 Å². The van der Waals surface area contributed by atoms with Crippen LogP contribution in [0.1, 0.15) is 63.0 Å². The minimum Gasteiger partial charge on any atom is -0.493 e. The van der Waals surface area contributed by atoms with Crippen LogP contribution in [-0.4, -0.2) is 48.4 Å². The molecule has 46 heavy (non-hydrogen) atoms. The van der Waals surface area contributed by atoms with Crippen molar-refractivity contribution in [3.63, 3.8) is 0 Å². The zero-order valence-electron chi connectivity index (χ0n) is 27.0. The summed E-state index contributed by atoms with van der Waals surface area (Å²) >= 11 is 0. The number of carbonyl (C=O) groups excluding carboxylic acids is 4. The van der Waals surface area contributed by atoms with Gasteiger partial charge in [-0.3, -0.25) is 10.1 Å². The maximum absolute atomic E-state index is 12.9. The SMILES string of the molecule is COc1cc(CC(=O)OCc2ccccc2)ccc1OC(=O)c1ccc(N/C(=N/C(=O)OC(C)(C)C)NC(=O)OC(C)(C)C)cc1. The van der Waals surface area contributed by atoms with Gasteiger partial charge in [-0.05, 0) is 89.1 Å². The van der Waals surface area contributed by atoms with Gasteiger partial charge in [-0.1, -0.05) is 36.4 Å². The Morgan fingerprint density at radius 3 is 2.02 bits per heavy atom. The molecule has 0 heterocycles. The molecule has 12 heteroatoms. The Balaban J connectivity index is 1.66. The number of hydrogen-bond acceptors (Lipinski definition) is 9. The number of nitrogens with zero attached hydrogens (tertiary/aromatic N) is 1. The fraction of sp³-hybridized carbons (Fsp3) is 0.324. The molecular weight excluding hydrogens is 594 g/mol. The molecule has 12 nitrogen and oxygen atoms in total. The molecule has 0 aromatic heterocycles. The molecule has 3 aromatic rings. The van der Waals surface area contributed by atoms with Crippen LogP contribution in [0.2, 0.25) is 0 Å². The summed E-state index contributed by atoms with van der Waals surface area (Å²) in [4.78, 5) is 53.7. The second-order valence-corrected chi connectivity index (χ2v) is 12.0. The Labute approximate surface area is 268 Å². The summed E-state index contributed by atoms with van der Waals surface area (Å²) in [6, 6.07) is 20.1. The first kappa shape index (κ1) is 35.1. The van der Waals surface area contributed by atoms with E-state index in [1.54, 1.807) is 53.7 Å². The molecule has 0 spiro atoms. The Morgan fingerprint density at radius 1 is 0.761 bits per heavy atom. The summed E-state index contributed by atoms with van der Waals surface area (Å²) in [5.74, 6) is -0.910. The number of nitrogens with one attached hydrogen (secondary N) is 2. The number of alkyl carbamates (subject to hydrolysis) is 1. The normalized spacial score (nSPS) is 11.6. The molecule has 0 fully saturated rings. The number of anilines is 1. The molecule has 0 saturated carbocycles. The first-order valence-electron chi connectivity index (χ1n) is 14.4. The molecule has 0 bridgehead atoms. The van der Waals surface area contributed by atoms with Crippen molar-refractivity contribution in [2.24, 2.45) is 4.99 Å². The number of amides is 2. The number of benzene rings is 3. The minimum atomic E-state index is -0.935. The predicted octanol–water partition coefficient (Wildman–Crippen LogP) is 6.43. The van der Waals surface area contributed by atoms with Crippen molar-refractivity contribution in [2.45, 2.75) is 65.8 Å².